The summed E-state index contributed by atoms with van der Waals surface area (Å²) in [4.78, 5) is 2.34. The highest BCUT2D eigenvalue weighted by molar-refractivity contribution is 4.73. The van der Waals surface area contributed by atoms with Crippen LogP contribution >= 0.6 is 0 Å². The average Bonchev–Trinajstić information content (AvgIpc) is 2.22. The number of hydrogen-bond acceptors (Lipinski definition) is 3. The zero-order valence-electron chi connectivity index (χ0n) is 11.0. The first-order valence-corrected chi connectivity index (χ1v) is 6.06. The van der Waals surface area contributed by atoms with Crippen molar-refractivity contribution in [1.82, 2.24) is 10.2 Å². The van der Waals surface area contributed by atoms with E-state index in [4.69, 9.17) is 0 Å². The van der Waals surface area contributed by atoms with Gasteiger partial charge in [-0.3, -0.25) is 0 Å². The molecule has 0 spiro atoms. The maximum absolute atomic E-state index is 9.77. The first-order chi connectivity index (χ1) is 6.93. The lowest BCUT2D eigenvalue weighted by atomic mass is 10.0. The zero-order chi connectivity index (χ0) is 11.9. The van der Waals surface area contributed by atoms with Crippen molar-refractivity contribution >= 4 is 0 Å². The fourth-order valence-corrected chi connectivity index (χ4v) is 1.27. The molecule has 0 aliphatic heterocycles. The first-order valence-electron chi connectivity index (χ1n) is 6.06. The van der Waals surface area contributed by atoms with Crippen molar-refractivity contribution in [2.75, 3.05) is 26.7 Å². The van der Waals surface area contributed by atoms with Crippen LogP contribution in [-0.2, 0) is 0 Å². The Morgan fingerprint density at radius 3 is 2.47 bits per heavy atom. The largest absolute Gasteiger partial charge is 0.389 e. The van der Waals surface area contributed by atoms with Crippen LogP contribution in [0.5, 0.6) is 0 Å². The maximum atomic E-state index is 9.77. The molecule has 0 heterocycles. The van der Waals surface area contributed by atoms with Crippen molar-refractivity contribution in [2.24, 2.45) is 0 Å². The number of hydrogen-bond donors (Lipinski definition) is 2. The second kappa shape index (κ2) is 7.20. The molecule has 0 fully saturated rings. The van der Waals surface area contributed by atoms with Gasteiger partial charge in [-0.05, 0) is 33.7 Å². The Morgan fingerprint density at radius 1 is 1.40 bits per heavy atom. The van der Waals surface area contributed by atoms with Gasteiger partial charge < -0.3 is 15.3 Å². The number of rotatable bonds is 8. The Balaban J connectivity index is 3.54. The van der Waals surface area contributed by atoms with Gasteiger partial charge in [0, 0.05) is 25.7 Å². The molecule has 0 aromatic rings. The molecule has 0 saturated carbocycles. The monoisotopic (exact) mass is 216 g/mol. The van der Waals surface area contributed by atoms with Crippen LogP contribution in [0.2, 0.25) is 0 Å². The normalized spacial score (nSPS) is 17.8. The highest BCUT2D eigenvalue weighted by Crippen LogP contribution is 2.05. The molecule has 92 valence electrons. The molecule has 3 heteroatoms. The van der Waals surface area contributed by atoms with Crippen LogP contribution in [-0.4, -0.2) is 48.3 Å². The highest BCUT2D eigenvalue weighted by atomic mass is 16.3. The van der Waals surface area contributed by atoms with Crippen molar-refractivity contribution in [3.05, 3.63) is 0 Å². The molecule has 0 saturated heterocycles. The van der Waals surface area contributed by atoms with Crippen molar-refractivity contribution in [3.8, 4) is 0 Å². The maximum Gasteiger partial charge on any atom is 0.0740 e. The van der Waals surface area contributed by atoms with Gasteiger partial charge in [-0.1, -0.05) is 13.8 Å². The Morgan fingerprint density at radius 2 is 2.00 bits per heavy atom. The van der Waals surface area contributed by atoms with Crippen LogP contribution in [0.3, 0.4) is 0 Å². The highest BCUT2D eigenvalue weighted by Gasteiger charge is 2.16. The Labute approximate surface area is 94.9 Å². The molecule has 2 N–H and O–H groups in total. The number of aliphatic hydroxyl groups is 1. The third-order valence-corrected chi connectivity index (χ3v) is 3.25. The third-order valence-electron chi connectivity index (χ3n) is 3.25. The summed E-state index contributed by atoms with van der Waals surface area (Å²) < 4.78 is 0. The summed E-state index contributed by atoms with van der Waals surface area (Å²) in [5.74, 6) is 0. The molecule has 3 nitrogen and oxygen atoms in total. The third kappa shape index (κ3) is 6.88. The van der Waals surface area contributed by atoms with E-state index in [1.807, 2.05) is 13.8 Å². The fraction of sp³-hybridized carbons (Fsp3) is 1.00. The van der Waals surface area contributed by atoms with Gasteiger partial charge in [-0.25, -0.2) is 0 Å². The second-order valence-electron chi connectivity index (χ2n) is 4.77. The zero-order valence-corrected chi connectivity index (χ0v) is 11.0. The van der Waals surface area contributed by atoms with Gasteiger partial charge in [0.1, 0.15) is 0 Å². The van der Waals surface area contributed by atoms with E-state index in [-0.39, 0.29) is 0 Å². The molecule has 0 amide bonds. The Bertz CT molecular complexity index is 160. The fourth-order valence-electron chi connectivity index (χ4n) is 1.27. The van der Waals surface area contributed by atoms with E-state index < -0.39 is 5.60 Å². The molecule has 0 rings (SSSR count). The summed E-state index contributed by atoms with van der Waals surface area (Å²) in [7, 11) is 2.15. The SMILES string of the molecule is CCC(C)N(C)CCNCC(C)(O)CC. The van der Waals surface area contributed by atoms with Crippen LogP contribution in [0.1, 0.15) is 40.5 Å². The van der Waals surface area contributed by atoms with Crippen molar-refractivity contribution < 1.29 is 5.11 Å². The quantitative estimate of drug-likeness (QED) is 0.603. The molecule has 2 unspecified atom stereocenters. The molecule has 0 bridgehead atoms. The van der Waals surface area contributed by atoms with Crippen LogP contribution < -0.4 is 5.32 Å². The minimum absolute atomic E-state index is 0.561. The topological polar surface area (TPSA) is 35.5 Å². The van der Waals surface area contributed by atoms with Crippen molar-refractivity contribution in [3.63, 3.8) is 0 Å². The number of likely N-dealkylation sites (N-methyl/N-ethyl adjacent to an activating group) is 1. The minimum atomic E-state index is -0.561. The summed E-state index contributed by atoms with van der Waals surface area (Å²) in [6, 6.07) is 0.637. The van der Waals surface area contributed by atoms with Gasteiger partial charge in [-0.15, -0.1) is 0 Å². The smallest absolute Gasteiger partial charge is 0.0740 e. The lowest BCUT2D eigenvalue weighted by Crippen LogP contribution is -2.41. The van der Waals surface area contributed by atoms with Gasteiger partial charge >= 0.3 is 0 Å². The number of nitrogens with one attached hydrogen (secondary N) is 1. The van der Waals surface area contributed by atoms with Crippen LogP contribution in [0.15, 0.2) is 0 Å². The predicted octanol–water partition coefficient (Wildman–Crippen LogP) is 1.47. The lowest BCUT2D eigenvalue weighted by molar-refractivity contribution is 0.0552. The molecular formula is C12H28N2O. The molecule has 15 heavy (non-hydrogen) atoms. The van der Waals surface area contributed by atoms with Crippen molar-refractivity contribution in [1.29, 1.82) is 0 Å². The van der Waals surface area contributed by atoms with Gasteiger partial charge in [0.05, 0.1) is 5.60 Å². The van der Waals surface area contributed by atoms with E-state index >= 15 is 0 Å². The van der Waals surface area contributed by atoms with Gasteiger partial charge in [0.15, 0.2) is 0 Å². The van der Waals surface area contributed by atoms with Gasteiger partial charge in [0.2, 0.25) is 0 Å². The first kappa shape index (κ1) is 14.9. The Hall–Kier alpha value is -0.120. The summed E-state index contributed by atoms with van der Waals surface area (Å²) in [6.45, 7) is 11.0. The summed E-state index contributed by atoms with van der Waals surface area (Å²) in [6.07, 6.45) is 1.98. The van der Waals surface area contributed by atoms with E-state index in [0.29, 0.717) is 12.6 Å². The van der Waals surface area contributed by atoms with E-state index in [1.54, 1.807) is 0 Å². The molecule has 0 radical (unpaired) electrons. The van der Waals surface area contributed by atoms with Gasteiger partial charge in [0.25, 0.3) is 0 Å². The van der Waals surface area contributed by atoms with Gasteiger partial charge in [-0.2, -0.15) is 0 Å². The molecule has 0 aliphatic rings. The molecule has 2 atom stereocenters. The predicted molar refractivity (Wildman–Crippen MR) is 66.2 cm³/mol. The van der Waals surface area contributed by atoms with E-state index in [9.17, 15) is 5.11 Å². The van der Waals surface area contributed by atoms with Crippen LogP contribution in [0.4, 0.5) is 0 Å². The minimum Gasteiger partial charge on any atom is -0.389 e. The van der Waals surface area contributed by atoms with E-state index in [1.165, 1.54) is 6.42 Å². The average molecular weight is 216 g/mol. The van der Waals surface area contributed by atoms with E-state index in [0.717, 1.165) is 19.5 Å². The lowest BCUT2D eigenvalue weighted by Gasteiger charge is -2.25. The summed E-state index contributed by atoms with van der Waals surface area (Å²) >= 11 is 0. The standard InChI is InChI=1S/C12H28N2O/c1-6-11(3)14(5)9-8-13-10-12(4,15)7-2/h11,13,15H,6-10H2,1-5H3. The Kier molecular flexibility index (Phi) is 7.14. The molecule has 0 aliphatic carbocycles. The number of nitrogens with zero attached hydrogens (tertiary/aromatic N) is 1. The second-order valence-corrected chi connectivity index (χ2v) is 4.77. The van der Waals surface area contributed by atoms with E-state index in [2.05, 4.69) is 31.1 Å². The van der Waals surface area contributed by atoms with Crippen LogP contribution in [0, 0.1) is 0 Å². The summed E-state index contributed by atoms with van der Waals surface area (Å²) in [5, 5.41) is 13.1. The summed E-state index contributed by atoms with van der Waals surface area (Å²) in [5.41, 5.74) is -0.561. The van der Waals surface area contributed by atoms with Crippen molar-refractivity contribution in [2.45, 2.75) is 52.2 Å². The molecular weight excluding hydrogens is 188 g/mol. The molecule has 0 aromatic carbocycles. The molecule has 0 aromatic heterocycles. The van der Waals surface area contributed by atoms with Crippen LogP contribution in [0.25, 0.3) is 0 Å².